The summed E-state index contributed by atoms with van der Waals surface area (Å²) < 4.78 is 1.81. The molecule has 3 rings (SSSR count). The molecular weight excluding hydrogens is 338 g/mol. The average molecular weight is 353 g/mol. The number of nitrogens with zero attached hydrogens (tertiary/aromatic N) is 2. The van der Waals surface area contributed by atoms with Gasteiger partial charge < -0.3 is 19.9 Å². The molecular formula is C18H15N3O5. The van der Waals surface area contributed by atoms with Crippen molar-refractivity contribution >= 4 is 29.2 Å². The Morgan fingerprint density at radius 1 is 1.12 bits per heavy atom. The highest BCUT2D eigenvalue weighted by Gasteiger charge is 2.14. The minimum absolute atomic E-state index is 0.0270. The van der Waals surface area contributed by atoms with Crippen LogP contribution in [-0.2, 0) is 11.2 Å². The maximum Gasteiger partial charge on any atom is 0.335 e. The quantitative estimate of drug-likeness (QED) is 0.647. The molecule has 0 aliphatic rings. The van der Waals surface area contributed by atoms with Gasteiger partial charge in [0.2, 0.25) is 5.91 Å². The van der Waals surface area contributed by atoms with Crippen molar-refractivity contribution in [2.45, 2.75) is 13.3 Å². The molecule has 132 valence electrons. The fraction of sp³-hybridized carbons (Fsp3) is 0.111. The minimum Gasteiger partial charge on any atom is -0.478 e. The minimum atomic E-state index is -1.28. The third-order valence-electron chi connectivity index (χ3n) is 3.78. The number of imidazole rings is 1. The van der Waals surface area contributed by atoms with E-state index in [9.17, 15) is 14.4 Å². The lowest BCUT2D eigenvalue weighted by Crippen LogP contribution is -2.16. The highest BCUT2D eigenvalue weighted by atomic mass is 16.4. The number of pyridine rings is 1. The Balaban J connectivity index is 1.81. The highest BCUT2D eigenvalue weighted by molar-refractivity contribution is 5.98. The molecule has 1 aromatic carbocycles. The number of hydrogen-bond acceptors (Lipinski definition) is 4. The number of nitrogens with one attached hydrogen (secondary N) is 1. The Morgan fingerprint density at radius 3 is 2.35 bits per heavy atom. The third-order valence-corrected chi connectivity index (χ3v) is 3.78. The Labute approximate surface area is 147 Å². The largest absolute Gasteiger partial charge is 0.478 e. The molecule has 2 aromatic heterocycles. The van der Waals surface area contributed by atoms with Crippen molar-refractivity contribution in [1.29, 1.82) is 0 Å². The Morgan fingerprint density at radius 2 is 1.77 bits per heavy atom. The number of hydrogen-bond donors (Lipinski definition) is 3. The van der Waals surface area contributed by atoms with Crippen LogP contribution < -0.4 is 5.32 Å². The maximum absolute atomic E-state index is 12.3. The van der Waals surface area contributed by atoms with Gasteiger partial charge in [0.1, 0.15) is 5.65 Å². The zero-order valence-corrected chi connectivity index (χ0v) is 13.8. The Hall–Kier alpha value is -3.68. The molecule has 0 aliphatic carbocycles. The van der Waals surface area contributed by atoms with E-state index in [0.717, 1.165) is 17.3 Å². The van der Waals surface area contributed by atoms with Gasteiger partial charge in [-0.15, -0.1) is 0 Å². The summed E-state index contributed by atoms with van der Waals surface area (Å²) >= 11 is 0. The maximum atomic E-state index is 12.3. The van der Waals surface area contributed by atoms with Gasteiger partial charge in [-0.05, 0) is 36.8 Å². The smallest absolute Gasteiger partial charge is 0.335 e. The number of amides is 1. The van der Waals surface area contributed by atoms with Crippen molar-refractivity contribution in [2.75, 3.05) is 5.32 Å². The summed E-state index contributed by atoms with van der Waals surface area (Å²) in [5.41, 5.74) is 1.93. The molecule has 0 atom stereocenters. The van der Waals surface area contributed by atoms with E-state index in [2.05, 4.69) is 10.3 Å². The Bertz CT molecular complexity index is 1010. The molecule has 8 heteroatoms. The second-order valence-corrected chi connectivity index (χ2v) is 5.79. The van der Waals surface area contributed by atoms with E-state index in [0.29, 0.717) is 5.69 Å². The van der Waals surface area contributed by atoms with Crippen LogP contribution in [0.4, 0.5) is 5.69 Å². The fourth-order valence-corrected chi connectivity index (χ4v) is 2.61. The van der Waals surface area contributed by atoms with Gasteiger partial charge in [-0.3, -0.25) is 4.79 Å². The first-order valence-corrected chi connectivity index (χ1v) is 7.68. The molecule has 26 heavy (non-hydrogen) atoms. The summed E-state index contributed by atoms with van der Waals surface area (Å²) in [7, 11) is 0. The van der Waals surface area contributed by atoms with Crippen molar-refractivity contribution in [3.8, 4) is 0 Å². The predicted octanol–water partition coefficient (Wildman–Crippen LogP) is 2.22. The molecule has 0 bridgehead atoms. The molecule has 0 saturated carbocycles. The van der Waals surface area contributed by atoms with Crippen molar-refractivity contribution in [1.82, 2.24) is 9.38 Å². The standard InChI is InChI=1S/C18H15N3O5/c1-10-3-2-4-21-9-14(20-16(10)21)8-15(22)19-13-6-11(17(23)24)5-12(7-13)18(25)26/h2-7,9H,8H2,1H3,(H,19,22)(H,23,24)(H,25,26). The molecule has 2 heterocycles. The number of fused-ring (bicyclic) bond motifs is 1. The van der Waals surface area contributed by atoms with Crippen LogP contribution in [0.25, 0.3) is 5.65 Å². The number of aryl methyl sites for hydroxylation is 1. The fourth-order valence-electron chi connectivity index (χ4n) is 2.61. The first kappa shape index (κ1) is 17.2. The highest BCUT2D eigenvalue weighted by Crippen LogP contribution is 2.17. The second kappa shape index (κ2) is 6.67. The zero-order valence-electron chi connectivity index (χ0n) is 13.8. The summed E-state index contributed by atoms with van der Waals surface area (Å²) in [5.74, 6) is -2.98. The van der Waals surface area contributed by atoms with Crippen LogP contribution in [0.5, 0.6) is 0 Å². The summed E-state index contributed by atoms with van der Waals surface area (Å²) in [6.45, 7) is 1.91. The first-order chi connectivity index (χ1) is 12.3. The number of carboxylic acids is 2. The van der Waals surface area contributed by atoms with Crippen molar-refractivity contribution in [2.24, 2.45) is 0 Å². The van der Waals surface area contributed by atoms with Gasteiger partial charge in [-0.25, -0.2) is 14.6 Å². The van der Waals surface area contributed by atoms with Crippen LogP contribution in [0.15, 0.2) is 42.7 Å². The van der Waals surface area contributed by atoms with Crippen LogP contribution in [0.3, 0.4) is 0 Å². The van der Waals surface area contributed by atoms with E-state index < -0.39 is 17.8 Å². The van der Waals surface area contributed by atoms with Crippen LogP contribution in [0.2, 0.25) is 0 Å². The number of anilines is 1. The molecule has 8 nitrogen and oxygen atoms in total. The van der Waals surface area contributed by atoms with Gasteiger partial charge in [0.25, 0.3) is 0 Å². The van der Waals surface area contributed by atoms with Crippen molar-refractivity contribution in [3.63, 3.8) is 0 Å². The SMILES string of the molecule is Cc1cccn2cc(CC(=O)Nc3cc(C(=O)O)cc(C(=O)O)c3)nc12. The molecule has 0 spiro atoms. The third kappa shape index (κ3) is 3.54. The molecule has 0 aliphatic heterocycles. The summed E-state index contributed by atoms with van der Waals surface area (Å²) in [5, 5.41) is 20.7. The van der Waals surface area contributed by atoms with E-state index in [1.54, 1.807) is 6.20 Å². The monoisotopic (exact) mass is 353 g/mol. The number of aromatic nitrogens is 2. The molecule has 1 amide bonds. The van der Waals surface area contributed by atoms with Gasteiger partial charge in [-0.1, -0.05) is 6.07 Å². The topological polar surface area (TPSA) is 121 Å². The summed E-state index contributed by atoms with van der Waals surface area (Å²) in [6, 6.07) is 7.24. The number of carboxylic acid groups (broad SMARTS) is 2. The van der Waals surface area contributed by atoms with Crippen LogP contribution >= 0.6 is 0 Å². The summed E-state index contributed by atoms with van der Waals surface area (Å²) in [4.78, 5) is 38.9. The van der Waals surface area contributed by atoms with Gasteiger partial charge in [0, 0.05) is 18.1 Å². The predicted molar refractivity (Wildman–Crippen MR) is 92.6 cm³/mol. The van der Waals surface area contributed by atoms with E-state index in [1.165, 1.54) is 12.1 Å². The number of aromatic carboxylic acids is 2. The van der Waals surface area contributed by atoms with Crippen LogP contribution in [0, 0.1) is 6.92 Å². The number of carbonyl (C=O) groups excluding carboxylic acids is 1. The van der Waals surface area contributed by atoms with E-state index in [-0.39, 0.29) is 23.2 Å². The Kier molecular flexibility index (Phi) is 4.40. The van der Waals surface area contributed by atoms with Crippen LogP contribution in [-0.4, -0.2) is 37.4 Å². The van der Waals surface area contributed by atoms with Crippen molar-refractivity contribution in [3.05, 3.63) is 65.1 Å². The first-order valence-electron chi connectivity index (χ1n) is 7.68. The summed E-state index contributed by atoms with van der Waals surface area (Å²) in [6.07, 6.45) is 3.53. The molecule has 3 N–H and O–H groups in total. The van der Waals surface area contributed by atoms with E-state index in [4.69, 9.17) is 10.2 Å². The lowest BCUT2D eigenvalue weighted by Gasteiger charge is -2.07. The zero-order chi connectivity index (χ0) is 18.8. The molecule has 3 aromatic rings. The lowest BCUT2D eigenvalue weighted by molar-refractivity contribution is -0.115. The van der Waals surface area contributed by atoms with Gasteiger partial charge in [0.05, 0.1) is 23.2 Å². The van der Waals surface area contributed by atoms with E-state index >= 15 is 0 Å². The lowest BCUT2D eigenvalue weighted by atomic mass is 10.1. The average Bonchev–Trinajstić information content (AvgIpc) is 2.98. The number of benzene rings is 1. The van der Waals surface area contributed by atoms with Gasteiger partial charge in [0.15, 0.2) is 0 Å². The molecule has 0 fully saturated rings. The number of carbonyl (C=O) groups is 3. The van der Waals surface area contributed by atoms with E-state index in [1.807, 2.05) is 29.7 Å². The molecule has 0 unspecified atom stereocenters. The van der Waals surface area contributed by atoms with Gasteiger partial charge >= 0.3 is 11.9 Å². The number of rotatable bonds is 5. The normalized spacial score (nSPS) is 10.7. The van der Waals surface area contributed by atoms with Crippen LogP contribution in [0.1, 0.15) is 32.0 Å². The second-order valence-electron chi connectivity index (χ2n) is 5.79. The molecule has 0 radical (unpaired) electrons. The van der Waals surface area contributed by atoms with Gasteiger partial charge in [-0.2, -0.15) is 0 Å². The molecule has 0 saturated heterocycles. The van der Waals surface area contributed by atoms with Crippen molar-refractivity contribution < 1.29 is 24.6 Å².